The van der Waals surface area contributed by atoms with Crippen LogP contribution in [0.25, 0.3) is 17.6 Å². The Bertz CT molecular complexity index is 614. The first-order valence-electron chi connectivity index (χ1n) is 5.52. The Balaban J connectivity index is 2.18. The summed E-state index contributed by atoms with van der Waals surface area (Å²) in [5, 5.41) is 17.8. The quantitative estimate of drug-likeness (QED) is 0.806. The minimum atomic E-state index is 0.205. The van der Waals surface area contributed by atoms with Crippen molar-refractivity contribution in [3.8, 4) is 11.5 Å². The maximum Gasteiger partial charge on any atom is 0.199 e. The number of nitrogens with zero attached hydrogens (tertiary/aromatic N) is 5. The summed E-state index contributed by atoms with van der Waals surface area (Å²) in [5.74, 6) is 0.804. The third kappa shape index (κ3) is 1.46. The summed E-state index contributed by atoms with van der Waals surface area (Å²) in [4.78, 5) is 4.44. The van der Waals surface area contributed by atoms with Crippen LogP contribution in [0.2, 0.25) is 0 Å². The van der Waals surface area contributed by atoms with Gasteiger partial charge in [0.1, 0.15) is 0 Å². The number of nitrogen functional groups attached to an aromatic ring is 1. The van der Waals surface area contributed by atoms with Crippen molar-refractivity contribution in [3.05, 3.63) is 17.6 Å². The van der Waals surface area contributed by atoms with Crippen molar-refractivity contribution >= 4 is 11.9 Å². The highest BCUT2D eigenvalue weighted by molar-refractivity contribution is 5.66. The van der Waals surface area contributed by atoms with Crippen LogP contribution in [0.1, 0.15) is 18.3 Å². The van der Waals surface area contributed by atoms with E-state index in [9.17, 15) is 5.21 Å². The molecule has 0 spiro atoms. The Hall–Kier alpha value is -2.35. The molecule has 0 amide bonds. The molecule has 2 aromatic heterocycles. The average molecular weight is 248 g/mol. The molecule has 0 unspecified atom stereocenters. The molecule has 8 nitrogen and oxygen atoms in total. The van der Waals surface area contributed by atoms with Gasteiger partial charge in [-0.25, -0.2) is 9.61 Å². The maximum absolute atomic E-state index is 9.44. The Morgan fingerprint density at radius 3 is 3.00 bits per heavy atom. The lowest BCUT2D eigenvalue weighted by atomic mass is 10.2. The predicted octanol–water partition coefficient (Wildman–Crippen LogP) is 0.711. The minimum absolute atomic E-state index is 0.205. The largest absolute Gasteiger partial charge is 0.379 e. The summed E-state index contributed by atoms with van der Waals surface area (Å²) in [7, 11) is 0. The van der Waals surface area contributed by atoms with E-state index in [4.69, 9.17) is 5.73 Å². The maximum atomic E-state index is 9.44. The van der Waals surface area contributed by atoms with E-state index in [0.717, 1.165) is 16.5 Å². The summed E-state index contributed by atoms with van der Waals surface area (Å²) in [6.45, 7) is 3.03. The van der Waals surface area contributed by atoms with Crippen molar-refractivity contribution in [1.29, 1.82) is 0 Å². The van der Waals surface area contributed by atoms with E-state index < -0.39 is 0 Å². The molecule has 0 bridgehead atoms. The van der Waals surface area contributed by atoms with Crippen molar-refractivity contribution in [2.45, 2.75) is 20.0 Å². The average Bonchev–Trinajstić information content (AvgIpc) is 2.91. The van der Waals surface area contributed by atoms with Crippen LogP contribution < -0.4 is 5.73 Å². The monoisotopic (exact) mass is 248 g/mol. The van der Waals surface area contributed by atoms with Gasteiger partial charge >= 0.3 is 0 Å². The van der Waals surface area contributed by atoms with Gasteiger partial charge in [-0.1, -0.05) is 0 Å². The molecule has 94 valence electrons. The van der Waals surface area contributed by atoms with Gasteiger partial charge in [-0.15, -0.1) is 0 Å². The van der Waals surface area contributed by atoms with Crippen LogP contribution in [-0.4, -0.2) is 30.1 Å². The number of hydrogen-bond acceptors (Lipinski definition) is 7. The molecule has 1 aliphatic rings. The zero-order valence-electron chi connectivity index (χ0n) is 9.74. The molecule has 2 aromatic rings. The topological polar surface area (TPSA) is 106 Å². The van der Waals surface area contributed by atoms with Gasteiger partial charge in [-0.3, -0.25) is 10.3 Å². The molecule has 0 aromatic carbocycles. The van der Waals surface area contributed by atoms with Crippen LogP contribution in [0.15, 0.2) is 10.8 Å². The summed E-state index contributed by atoms with van der Waals surface area (Å²) in [6.07, 6.45) is 3.38. The first-order valence-corrected chi connectivity index (χ1v) is 5.52. The van der Waals surface area contributed by atoms with Crippen LogP contribution in [0.5, 0.6) is 0 Å². The van der Waals surface area contributed by atoms with Gasteiger partial charge in [0.2, 0.25) is 0 Å². The molecule has 3 rings (SSSR count). The number of anilines is 1. The first kappa shape index (κ1) is 10.8. The Morgan fingerprint density at radius 2 is 2.33 bits per heavy atom. The summed E-state index contributed by atoms with van der Waals surface area (Å²) < 4.78 is 6.55. The molecule has 0 fully saturated rings. The van der Waals surface area contributed by atoms with E-state index in [-0.39, 0.29) is 5.82 Å². The number of imidazole rings is 1. The molecule has 0 saturated carbocycles. The van der Waals surface area contributed by atoms with E-state index in [1.165, 1.54) is 0 Å². The lowest BCUT2D eigenvalue weighted by Crippen LogP contribution is -2.16. The van der Waals surface area contributed by atoms with Crippen molar-refractivity contribution < 1.29 is 9.84 Å². The van der Waals surface area contributed by atoms with Gasteiger partial charge in [0, 0.05) is 12.7 Å². The van der Waals surface area contributed by atoms with Gasteiger partial charge in [-0.2, -0.15) is 0 Å². The molecule has 8 heteroatoms. The van der Waals surface area contributed by atoms with Crippen LogP contribution in [0.4, 0.5) is 5.82 Å². The molecule has 0 aliphatic carbocycles. The van der Waals surface area contributed by atoms with E-state index in [1.54, 1.807) is 12.3 Å². The molecule has 3 N–H and O–H groups in total. The fraction of sp³-hybridized carbons (Fsp3) is 0.300. The molecular formula is C10H12N6O2. The number of aromatic nitrogens is 4. The zero-order chi connectivity index (χ0) is 12.7. The summed E-state index contributed by atoms with van der Waals surface area (Å²) in [5.41, 5.74) is 7.80. The molecule has 0 saturated heterocycles. The number of hydrogen-bond donors (Lipinski definition) is 2. The van der Waals surface area contributed by atoms with Gasteiger partial charge in [0.15, 0.2) is 17.3 Å². The van der Waals surface area contributed by atoms with E-state index in [0.29, 0.717) is 24.6 Å². The van der Waals surface area contributed by atoms with Gasteiger partial charge in [0.05, 0.1) is 17.9 Å². The summed E-state index contributed by atoms with van der Waals surface area (Å²) in [6, 6.07) is 0. The third-order valence-electron chi connectivity index (χ3n) is 2.84. The fourth-order valence-corrected chi connectivity index (χ4v) is 2.03. The van der Waals surface area contributed by atoms with Crippen molar-refractivity contribution in [2.75, 3.05) is 5.73 Å². The zero-order valence-corrected chi connectivity index (χ0v) is 9.74. The normalized spacial score (nSPS) is 14.0. The second-order valence-corrected chi connectivity index (χ2v) is 3.92. The molecular weight excluding hydrogens is 236 g/mol. The summed E-state index contributed by atoms with van der Waals surface area (Å²) >= 11 is 0. The van der Waals surface area contributed by atoms with Crippen molar-refractivity contribution in [1.82, 2.24) is 24.9 Å². The van der Waals surface area contributed by atoms with E-state index >= 15 is 0 Å². The highest BCUT2D eigenvalue weighted by atomic mass is 16.6. The Kier molecular flexibility index (Phi) is 2.30. The molecule has 1 aliphatic heterocycles. The minimum Gasteiger partial charge on any atom is -0.379 e. The lowest BCUT2D eigenvalue weighted by Gasteiger charge is -2.15. The predicted molar refractivity (Wildman–Crippen MR) is 62.0 cm³/mol. The highest BCUT2D eigenvalue weighted by Gasteiger charge is 2.23. The smallest absolute Gasteiger partial charge is 0.199 e. The van der Waals surface area contributed by atoms with Crippen LogP contribution >= 0.6 is 0 Å². The van der Waals surface area contributed by atoms with E-state index in [1.807, 2.05) is 11.5 Å². The standard InChI is InChI=1S/C10H12N6O2/c1-2-16-7-3-4-15(17)5-6(7)12-10(16)8-9(11)14-18-13-8/h3-4,17H,2,5H2,1H3,(H2,11,14). The van der Waals surface area contributed by atoms with E-state index in [2.05, 4.69) is 19.9 Å². The lowest BCUT2D eigenvalue weighted by molar-refractivity contribution is -0.0504. The first-order chi connectivity index (χ1) is 8.70. The van der Waals surface area contributed by atoms with Gasteiger partial charge in [-0.05, 0) is 23.3 Å². The highest BCUT2D eigenvalue weighted by Crippen LogP contribution is 2.27. The number of rotatable bonds is 2. The number of hydroxylamine groups is 2. The van der Waals surface area contributed by atoms with Crippen LogP contribution in [-0.2, 0) is 13.1 Å². The Labute approximate surface area is 102 Å². The SMILES string of the molecule is CCn1c(-c2nonc2N)nc2c1C=CN(O)C2. The van der Waals surface area contributed by atoms with Crippen LogP contribution in [0, 0.1) is 0 Å². The van der Waals surface area contributed by atoms with Crippen molar-refractivity contribution in [3.63, 3.8) is 0 Å². The Morgan fingerprint density at radius 1 is 1.50 bits per heavy atom. The second kappa shape index (κ2) is 3.84. The molecule has 0 atom stereocenters. The van der Waals surface area contributed by atoms with Gasteiger partial charge < -0.3 is 10.3 Å². The van der Waals surface area contributed by atoms with Crippen molar-refractivity contribution in [2.24, 2.45) is 0 Å². The third-order valence-corrected chi connectivity index (χ3v) is 2.84. The second-order valence-electron chi connectivity index (χ2n) is 3.92. The number of nitrogens with two attached hydrogens (primary N) is 1. The number of fused-ring (bicyclic) bond motifs is 1. The van der Waals surface area contributed by atoms with Crippen LogP contribution in [0.3, 0.4) is 0 Å². The molecule has 3 heterocycles. The molecule has 0 radical (unpaired) electrons. The fourth-order valence-electron chi connectivity index (χ4n) is 2.03. The van der Waals surface area contributed by atoms with Gasteiger partial charge in [0.25, 0.3) is 0 Å². The molecule has 18 heavy (non-hydrogen) atoms.